The molecule has 154 valence electrons. The van der Waals surface area contributed by atoms with E-state index in [2.05, 4.69) is 10.7 Å². The van der Waals surface area contributed by atoms with E-state index >= 15 is 0 Å². The molecule has 2 amide bonds. The number of fused-ring (bicyclic) bond motifs is 1. The Balaban J connectivity index is 1.92. The summed E-state index contributed by atoms with van der Waals surface area (Å²) in [5, 5.41) is 4.94. The van der Waals surface area contributed by atoms with Gasteiger partial charge in [-0.15, -0.1) is 0 Å². The highest BCUT2D eigenvalue weighted by atomic mass is 35.5. The Labute approximate surface area is 173 Å². The van der Waals surface area contributed by atoms with Crippen LogP contribution in [0.5, 0.6) is 17.2 Å². The van der Waals surface area contributed by atoms with Crippen LogP contribution in [-0.4, -0.2) is 44.3 Å². The third kappa shape index (κ3) is 3.88. The van der Waals surface area contributed by atoms with Gasteiger partial charge in [-0.25, -0.2) is 5.01 Å². The topological polar surface area (TPSA) is 89.1 Å². The SMILES string of the molecule is CCC1Nc2ccc(Cl)cc2C(=O)N1NC(=O)c1cc(OC)c(OC)c(OC)c1. The van der Waals surface area contributed by atoms with Gasteiger partial charge in [0.15, 0.2) is 11.5 Å². The summed E-state index contributed by atoms with van der Waals surface area (Å²) in [6.45, 7) is 1.91. The standard InChI is InChI=1S/C20H22ClN3O5/c1-5-17-22-14-7-6-12(21)10-13(14)20(26)24(17)23-19(25)11-8-15(27-2)18(29-4)16(9-11)28-3/h6-10,17,22H,5H2,1-4H3,(H,23,25). The van der Waals surface area contributed by atoms with Crippen LogP contribution in [0.15, 0.2) is 30.3 Å². The number of hydrogen-bond donors (Lipinski definition) is 2. The van der Waals surface area contributed by atoms with Crippen LogP contribution < -0.4 is 25.0 Å². The molecule has 0 spiro atoms. The first-order valence-electron chi connectivity index (χ1n) is 8.94. The molecule has 0 saturated carbocycles. The molecule has 1 atom stereocenters. The van der Waals surface area contributed by atoms with Gasteiger partial charge < -0.3 is 19.5 Å². The molecule has 2 N–H and O–H groups in total. The number of nitrogens with one attached hydrogen (secondary N) is 2. The van der Waals surface area contributed by atoms with Crippen LogP contribution >= 0.6 is 11.6 Å². The van der Waals surface area contributed by atoms with Crippen LogP contribution in [0.3, 0.4) is 0 Å². The van der Waals surface area contributed by atoms with Crippen molar-refractivity contribution in [3.8, 4) is 17.2 Å². The molecule has 0 saturated heterocycles. The first-order chi connectivity index (χ1) is 13.9. The summed E-state index contributed by atoms with van der Waals surface area (Å²) in [6, 6.07) is 8.05. The molecule has 0 aliphatic carbocycles. The Hall–Kier alpha value is -3.13. The van der Waals surface area contributed by atoms with Crippen LogP contribution in [-0.2, 0) is 0 Å². The van der Waals surface area contributed by atoms with Crippen molar-refractivity contribution in [3.63, 3.8) is 0 Å². The zero-order valence-corrected chi connectivity index (χ0v) is 17.3. The maximum atomic E-state index is 13.0. The highest BCUT2D eigenvalue weighted by molar-refractivity contribution is 6.31. The second-order valence-corrected chi connectivity index (χ2v) is 6.72. The van der Waals surface area contributed by atoms with Crippen LogP contribution in [0.1, 0.15) is 34.1 Å². The maximum absolute atomic E-state index is 13.0. The highest BCUT2D eigenvalue weighted by Gasteiger charge is 2.33. The average Bonchev–Trinajstić information content (AvgIpc) is 2.74. The molecule has 1 aliphatic heterocycles. The van der Waals surface area contributed by atoms with Crippen LogP contribution in [0.4, 0.5) is 5.69 Å². The zero-order chi connectivity index (χ0) is 21.1. The van der Waals surface area contributed by atoms with Gasteiger partial charge in [0, 0.05) is 16.3 Å². The predicted octanol–water partition coefficient (Wildman–Crippen LogP) is 3.31. The number of carbonyl (C=O) groups is 2. The van der Waals surface area contributed by atoms with Gasteiger partial charge in [0.05, 0.1) is 26.9 Å². The first kappa shape index (κ1) is 20.6. The third-order valence-electron chi connectivity index (χ3n) is 4.60. The number of rotatable bonds is 6. The van der Waals surface area contributed by atoms with Crippen molar-refractivity contribution in [2.75, 3.05) is 26.6 Å². The van der Waals surface area contributed by atoms with Gasteiger partial charge >= 0.3 is 0 Å². The molecular weight excluding hydrogens is 398 g/mol. The highest BCUT2D eigenvalue weighted by Crippen LogP contribution is 2.38. The van der Waals surface area contributed by atoms with E-state index in [0.29, 0.717) is 39.9 Å². The lowest BCUT2D eigenvalue weighted by molar-refractivity contribution is 0.0488. The van der Waals surface area contributed by atoms with E-state index in [9.17, 15) is 9.59 Å². The molecule has 2 aromatic carbocycles. The fraction of sp³-hybridized carbons (Fsp3) is 0.300. The summed E-state index contributed by atoms with van der Waals surface area (Å²) >= 11 is 6.03. The number of hydrazine groups is 1. The van der Waals surface area contributed by atoms with E-state index in [1.165, 1.54) is 38.5 Å². The molecule has 1 heterocycles. The molecule has 3 rings (SSSR count). The lowest BCUT2D eigenvalue weighted by Crippen LogP contribution is -2.57. The number of benzene rings is 2. The smallest absolute Gasteiger partial charge is 0.276 e. The van der Waals surface area contributed by atoms with Crippen molar-refractivity contribution in [2.24, 2.45) is 0 Å². The third-order valence-corrected chi connectivity index (χ3v) is 4.84. The summed E-state index contributed by atoms with van der Waals surface area (Å²) in [6.07, 6.45) is 0.158. The van der Waals surface area contributed by atoms with Crippen molar-refractivity contribution < 1.29 is 23.8 Å². The molecule has 8 nitrogen and oxygen atoms in total. The Morgan fingerprint density at radius 2 is 1.79 bits per heavy atom. The fourth-order valence-electron chi connectivity index (χ4n) is 3.13. The Bertz CT molecular complexity index is 925. The number of methoxy groups -OCH3 is 3. The number of nitrogens with zero attached hydrogens (tertiary/aromatic N) is 1. The molecular formula is C20H22ClN3O5. The van der Waals surface area contributed by atoms with Crippen molar-refractivity contribution in [1.29, 1.82) is 0 Å². The molecule has 9 heteroatoms. The van der Waals surface area contributed by atoms with Crippen molar-refractivity contribution in [2.45, 2.75) is 19.5 Å². The van der Waals surface area contributed by atoms with Crippen molar-refractivity contribution >= 4 is 29.1 Å². The summed E-state index contributed by atoms with van der Waals surface area (Å²) in [4.78, 5) is 25.9. The van der Waals surface area contributed by atoms with Crippen molar-refractivity contribution in [1.82, 2.24) is 10.4 Å². The molecule has 1 unspecified atom stereocenters. The van der Waals surface area contributed by atoms with Crippen LogP contribution in [0.25, 0.3) is 0 Å². The number of halogens is 1. The van der Waals surface area contributed by atoms with E-state index in [4.69, 9.17) is 25.8 Å². The fourth-order valence-corrected chi connectivity index (χ4v) is 3.31. The van der Waals surface area contributed by atoms with Crippen LogP contribution in [0, 0.1) is 0 Å². The van der Waals surface area contributed by atoms with Gasteiger partial charge in [0.2, 0.25) is 5.75 Å². The number of carbonyl (C=O) groups excluding carboxylic acids is 2. The number of ether oxygens (including phenoxy) is 3. The van der Waals surface area contributed by atoms with Gasteiger partial charge in [-0.05, 0) is 36.8 Å². The maximum Gasteiger partial charge on any atom is 0.276 e. The molecule has 0 fully saturated rings. The molecule has 29 heavy (non-hydrogen) atoms. The summed E-state index contributed by atoms with van der Waals surface area (Å²) in [5.74, 6) is 0.197. The molecule has 0 aromatic heterocycles. The minimum absolute atomic E-state index is 0.249. The summed E-state index contributed by atoms with van der Waals surface area (Å²) in [7, 11) is 4.41. The number of amides is 2. The summed E-state index contributed by atoms with van der Waals surface area (Å²) < 4.78 is 15.9. The van der Waals surface area contributed by atoms with Gasteiger partial charge in [-0.3, -0.25) is 15.0 Å². The second-order valence-electron chi connectivity index (χ2n) is 6.29. The average molecular weight is 420 g/mol. The zero-order valence-electron chi connectivity index (χ0n) is 16.5. The van der Waals surface area contributed by atoms with E-state index in [0.717, 1.165) is 0 Å². The lowest BCUT2D eigenvalue weighted by Gasteiger charge is -2.37. The quantitative estimate of drug-likeness (QED) is 0.746. The van der Waals surface area contributed by atoms with E-state index in [1.807, 2.05) is 6.92 Å². The predicted molar refractivity (Wildman–Crippen MR) is 109 cm³/mol. The minimum atomic E-state index is -0.497. The normalized spacial score (nSPS) is 15.3. The van der Waals surface area contributed by atoms with E-state index in [-0.39, 0.29) is 11.5 Å². The van der Waals surface area contributed by atoms with Crippen molar-refractivity contribution in [3.05, 3.63) is 46.5 Å². The molecule has 0 bridgehead atoms. The Morgan fingerprint density at radius 3 is 2.34 bits per heavy atom. The number of hydrogen-bond acceptors (Lipinski definition) is 6. The van der Waals surface area contributed by atoms with Crippen LogP contribution in [0.2, 0.25) is 5.02 Å². The van der Waals surface area contributed by atoms with E-state index < -0.39 is 12.1 Å². The largest absolute Gasteiger partial charge is 0.493 e. The Morgan fingerprint density at radius 1 is 1.14 bits per heavy atom. The molecule has 1 aliphatic rings. The van der Waals surface area contributed by atoms with E-state index in [1.54, 1.807) is 18.2 Å². The Kier molecular flexibility index (Phi) is 6.03. The molecule has 2 aromatic rings. The van der Waals surface area contributed by atoms with Gasteiger partial charge in [0.25, 0.3) is 11.8 Å². The van der Waals surface area contributed by atoms with Gasteiger partial charge in [-0.2, -0.15) is 0 Å². The van der Waals surface area contributed by atoms with Gasteiger partial charge in [-0.1, -0.05) is 18.5 Å². The number of anilines is 1. The first-order valence-corrected chi connectivity index (χ1v) is 9.31. The molecule has 0 radical (unpaired) electrons. The minimum Gasteiger partial charge on any atom is -0.493 e. The van der Waals surface area contributed by atoms with Gasteiger partial charge in [0.1, 0.15) is 6.17 Å². The monoisotopic (exact) mass is 419 g/mol. The lowest BCUT2D eigenvalue weighted by atomic mass is 10.1. The second kappa shape index (κ2) is 8.48. The summed E-state index contributed by atoms with van der Waals surface area (Å²) in [5.41, 5.74) is 3.98.